The largest absolute Gasteiger partial charge is 0.396 e. The van der Waals surface area contributed by atoms with Gasteiger partial charge in [-0.1, -0.05) is 30.3 Å². The van der Waals surface area contributed by atoms with Crippen LogP contribution in [0.2, 0.25) is 0 Å². The van der Waals surface area contributed by atoms with Gasteiger partial charge in [0.15, 0.2) is 0 Å². The highest BCUT2D eigenvalue weighted by molar-refractivity contribution is 7.56. The molecule has 1 aliphatic carbocycles. The second-order valence-electron chi connectivity index (χ2n) is 5.18. The SMILES string of the molecule is CCOP(=O)(OCC)[C@@]1(Cc2ccccc2)C[C@@H]1CO. The number of aliphatic hydroxyl groups excluding tert-OH is 1. The molecule has 0 aromatic heterocycles. The maximum atomic E-state index is 13.1. The molecule has 0 unspecified atom stereocenters. The standard InChI is InChI=1S/C15H23O4P/c1-3-18-20(17,19-4-2)15(11-14(15)12-16)10-13-8-6-5-7-9-13/h5-9,14,16H,3-4,10-12H2,1-2H3/t14-,15+/m1/s1. The van der Waals surface area contributed by atoms with Crippen LogP contribution in [0.4, 0.5) is 0 Å². The van der Waals surface area contributed by atoms with E-state index in [2.05, 4.69) is 0 Å². The van der Waals surface area contributed by atoms with Crippen molar-refractivity contribution in [3.05, 3.63) is 35.9 Å². The van der Waals surface area contributed by atoms with Crippen LogP contribution in [0.3, 0.4) is 0 Å². The number of hydrogen-bond donors (Lipinski definition) is 1. The first-order valence-electron chi connectivity index (χ1n) is 7.16. The van der Waals surface area contributed by atoms with Crippen molar-refractivity contribution < 1.29 is 18.7 Å². The Labute approximate surface area is 120 Å². The van der Waals surface area contributed by atoms with Crippen LogP contribution in [-0.4, -0.2) is 30.1 Å². The van der Waals surface area contributed by atoms with Crippen LogP contribution in [0.15, 0.2) is 30.3 Å². The molecule has 112 valence electrons. The Kier molecular flexibility index (Phi) is 5.03. The zero-order valence-corrected chi connectivity index (χ0v) is 13.0. The third kappa shape index (κ3) is 2.84. The molecule has 0 bridgehead atoms. The summed E-state index contributed by atoms with van der Waals surface area (Å²) in [4.78, 5) is 0. The quantitative estimate of drug-likeness (QED) is 0.749. The van der Waals surface area contributed by atoms with Gasteiger partial charge < -0.3 is 14.2 Å². The van der Waals surface area contributed by atoms with Crippen molar-refractivity contribution in [2.75, 3.05) is 19.8 Å². The van der Waals surface area contributed by atoms with Gasteiger partial charge in [-0.3, -0.25) is 4.57 Å². The second-order valence-corrected chi connectivity index (χ2v) is 7.58. The van der Waals surface area contributed by atoms with Gasteiger partial charge in [0.05, 0.1) is 18.4 Å². The van der Waals surface area contributed by atoms with Crippen molar-refractivity contribution >= 4 is 7.60 Å². The molecule has 2 rings (SSSR count). The summed E-state index contributed by atoms with van der Waals surface area (Å²) in [7, 11) is -3.21. The van der Waals surface area contributed by atoms with Gasteiger partial charge in [0.2, 0.25) is 0 Å². The van der Waals surface area contributed by atoms with E-state index in [1.165, 1.54) is 0 Å². The highest BCUT2D eigenvalue weighted by Gasteiger charge is 2.67. The molecule has 1 saturated carbocycles. The molecule has 0 amide bonds. The maximum absolute atomic E-state index is 13.1. The summed E-state index contributed by atoms with van der Waals surface area (Å²) in [6.45, 7) is 4.37. The van der Waals surface area contributed by atoms with Crippen LogP contribution in [0, 0.1) is 5.92 Å². The summed E-state index contributed by atoms with van der Waals surface area (Å²) >= 11 is 0. The molecule has 0 saturated heterocycles. The lowest BCUT2D eigenvalue weighted by molar-refractivity contribution is 0.200. The van der Waals surface area contributed by atoms with E-state index < -0.39 is 12.8 Å². The predicted molar refractivity (Wildman–Crippen MR) is 78.9 cm³/mol. The van der Waals surface area contributed by atoms with Crippen LogP contribution < -0.4 is 0 Å². The lowest BCUT2D eigenvalue weighted by Crippen LogP contribution is -2.22. The Balaban J connectivity index is 2.27. The summed E-state index contributed by atoms with van der Waals surface area (Å²) in [5.41, 5.74) is 1.10. The molecule has 0 aliphatic heterocycles. The zero-order chi connectivity index (χ0) is 14.6. The summed E-state index contributed by atoms with van der Waals surface area (Å²) in [6, 6.07) is 9.90. The molecule has 1 N–H and O–H groups in total. The van der Waals surface area contributed by atoms with E-state index in [4.69, 9.17) is 9.05 Å². The minimum Gasteiger partial charge on any atom is -0.396 e. The Morgan fingerprint density at radius 2 is 1.85 bits per heavy atom. The molecular formula is C15H23O4P. The average molecular weight is 298 g/mol. The highest BCUT2D eigenvalue weighted by Crippen LogP contribution is 2.74. The minimum atomic E-state index is -3.21. The fourth-order valence-electron chi connectivity index (χ4n) is 2.83. The lowest BCUT2D eigenvalue weighted by Gasteiger charge is -2.27. The predicted octanol–water partition coefficient (Wildman–Crippen LogP) is 3.25. The van der Waals surface area contributed by atoms with Crippen LogP contribution >= 0.6 is 7.60 Å². The maximum Gasteiger partial charge on any atom is 0.337 e. The van der Waals surface area contributed by atoms with Crippen molar-refractivity contribution in [2.45, 2.75) is 31.8 Å². The summed E-state index contributed by atoms with van der Waals surface area (Å²) in [5, 5.41) is 8.93. The van der Waals surface area contributed by atoms with Gasteiger partial charge in [-0.15, -0.1) is 0 Å². The zero-order valence-electron chi connectivity index (χ0n) is 12.1. The molecular weight excluding hydrogens is 275 g/mol. The molecule has 2 atom stereocenters. The number of aliphatic hydroxyl groups is 1. The Morgan fingerprint density at radius 3 is 2.30 bits per heavy atom. The summed E-state index contributed by atoms with van der Waals surface area (Å²) in [5.74, 6) is -0.00774. The Hall–Kier alpha value is -0.670. The van der Waals surface area contributed by atoms with E-state index in [1.807, 2.05) is 44.2 Å². The van der Waals surface area contributed by atoms with Crippen molar-refractivity contribution in [3.63, 3.8) is 0 Å². The molecule has 0 spiro atoms. The van der Waals surface area contributed by atoms with E-state index >= 15 is 0 Å². The fourth-order valence-corrected chi connectivity index (χ4v) is 5.45. The van der Waals surface area contributed by atoms with Crippen LogP contribution in [-0.2, 0) is 20.0 Å². The van der Waals surface area contributed by atoms with Crippen LogP contribution in [0.5, 0.6) is 0 Å². The fraction of sp³-hybridized carbons (Fsp3) is 0.600. The monoisotopic (exact) mass is 298 g/mol. The van der Waals surface area contributed by atoms with Gasteiger partial charge >= 0.3 is 7.60 Å². The van der Waals surface area contributed by atoms with Gasteiger partial charge in [0, 0.05) is 12.5 Å². The van der Waals surface area contributed by atoms with E-state index in [0.717, 1.165) is 5.56 Å². The third-order valence-electron chi connectivity index (χ3n) is 3.92. The van der Waals surface area contributed by atoms with Crippen LogP contribution in [0.1, 0.15) is 25.8 Å². The number of hydrogen-bond acceptors (Lipinski definition) is 4. The number of benzene rings is 1. The van der Waals surface area contributed by atoms with Gasteiger partial charge in [0.1, 0.15) is 0 Å². The van der Waals surface area contributed by atoms with Crippen molar-refractivity contribution in [2.24, 2.45) is 5.92 Å². The number of rotatable bonds is 8. The van der Waals surface area contributed by atoms with E-state index in [0.29, 0.717) is 26.1 Å². The highest BCUT2D eigenvalue weighted by atomic mass is 31.2. The Morgan fingerprint density at radius 1 is 1.25 bits per heavy atom. The van der Waals surface area contributed by atoms with Gasteiger partial charge in [-0.25, -0.2) is 0 Å². The normalized spacial score (nSPS) is 25.6. The van der Waals surface area contributed by atoms with E-state index in [-0.39, 0.29) is 12.5 Å². The third-order valence-corrected chi connectivity index (χ3v) is 6.91. The topological polar surface area (TPSA) is 55.8 Å². The van der Waals surface area contributed by atoms with E-state index in [1.54, 1.807) is 0 Å². The molecule has 1 aliphatic rings. The summed E-state index contributed by atoms with van der Waals surface area (Å²) < 4.78 is 24.2. The Bertz CT molecular complexity index is 466. The first-order valence-corrected chi connectivity index (χ1v) is 8.70. The molecule has 4 nitrogen and oxygen atoms in total. The van der Waals surface area contributed by atoms with Crippen molar-refractivity contribution in [1.82, 2.24) is 0 Å². The molecule has 1 fully saturated rings. The molecule has 5 heteroatoms. The van der Waals surface area contributed by atoms with Crippen LogP contribution in [0.25, 0.3) is 0 Å². The van der Waals surface area contributed by atoms with Gasteiger partial charge in [-0.05, 0) is 32.3 Å². The smallest absolute Gasteiger partial charge is 0.337 e. The second kappa shape index (κ2) is 6.40. The summed E-state index contributed by atoms with van der Waals surface area (Å²) in [6.07, 6.45) is 1.31. The average Bonchev–Trinajstić information content (AvgIpc) is 3.16. The van der Waals surface area contributed by atoms with Crippen molar-refractivity contribution in [1.29, 1.82) is 0 Å². The lowest BCUT2D eigenvalue weighted by atomic mass is 10.1. The minimum absolute atomic E-state index is 0.00774. The first kappa shape index (κ1) is 15.7. The molecule has 20 heavy (non-hydrogen) atoms. The molecule has 1 aromatic carbocycles. The first-order chi connectivity index (χ1) is 9.62. The van der Waals surface area contributed by atoms with Gasteiger partial charge in [0.25, 0.3) is 0 Å². The molecule has 0 heterocycles. The molecule has 1 aromatic rings. The molecule has 0 radical (unpaired) electrons. The van der Waals surface area contributed by atoms with Crippen molar-refractivity contribution in [3.8, 4) is 0 Å². The van der Waals surface area contributed by atoms with Gasteiger partial charge in [-0.2, -0.15) is 0 Å². The van der Waals surface area contributed by atoms with E-state index in [9.17, 15) is 9.67 Å².